The maximum atomic E-state index is 10.9. The first-order chi connectivity index (χ1) is 29.8. The van der Waals surface area contributed by atoms with E-state index in [0.29, 0.717) is 5.75 Å². The minimum absolute atomic E-state index is 0.0747. The van der Waals surface area contributed by atoms with Crippen LogP contribution < -0.4 is 23.8 Å². The van der Waals surface area contributed by atoms with E-state index in [9.17, 15) is 5.11 Å². The first-order valence-electron chi connectivity index (χ1n) is 22.1. The van der Waals surface area contributed by atoms with Gasteiger partial charge in [-0.3, -0.25) is 0 Å². The number of anilines is 1. The zero-order valence-electron chi connectivity index (χ0n) is 37.0. The molecule has 0 bridgehead atoms. The molecule has 7 heteroatoms. The topological polar surface area (TPSA) is 69.6 Å². The predicted octanol–water partition coefficient (Wildman–Crippen LogP) is 11.9. The Balaban J connectivity index is 1.29. The van der Waals surface area contributed by atoms with E-state index in [1.54, 1.807) is 21.1 Å². The third kappa shape index (κ3) is 6.63. The normalized spacial score (nSPS) is 19.3. The first-order valence-corrected chi connectivity index (χ1v) is 22.1. The molecule has 4 aliphatic rings. The Morgan fingerprint density at radius 2 is 1.31 bits per heavy atom. The molecule has 1 spiro atoms. The van der Waals surface area contributed by atoms with Gasteiger partial charge in [0, 0.05) is 51.8 Å². The van der Waals surface area contributed by atoms with Crippen LogP contribution >= 0.6 is 0 Å². The summed E-state index contributed by atoms with van der Waals surface area (Å²) in [5.41, 5.74) is 10.2. The molecule has 2 fully saturated rings. The molecule has 1 atom stereocenters. The lowest BCUT2D eigenvalue weighted by Crippen LogP contribution is -2.44. The van der Waals surface area contributed by atoms with Crippen LogP contribution in [-0.4, -0.2) is 51.9 Å². The molecule has 6 aromatic carbocycles. The molecule has 0 radical (unpaired) electrons. The van der Waals surface area contributed by atoms with Gasteiger partial charge in [-0.05, 0) is 125 Å². The molecule has 1 saturated heterocycles. The predicted molar refractivity (Wildman–Crippen MR) is 249 cm³/mol. The maximum Gasteiger partial charge on any atom is 0.194 e. The van der Waals surface area contributed by atoms with E-state index < -0.39 is 11.9 Å². The molecule has 10 rings (SSSR count). The average molecular weight is 828 g/mol. The van der Waals surface area contributed by atoms with Crippen LogP contribution in [0.1, 0.15) is 81.7 Å². The molecule has 6 aromatic rings. The first kappa shape index (κ1) is 40.3. The van der Waals surface area contributed by atoms with Crippen molar-refractivity contribution < 1.29 is 28.8 Å². The monoisotopic (exact) mass is 827 g/mol. The fourth-order valence-electron chi connectivity index (χ4n) is 12.0. The van der Waals surface area contributed by atoms with Crippen LogP contribution in [0.25, 0.3) is 39.1 Å². The van der Waals surface area contributed by atoms with Gasteiger partial charge in [0.1, 0.15) is 23.0 Å². The number of hydrogen-bond donors (Lipinski definition) is 1. The summed E-state index contributed by atoms with van der Waals surface area (Å²) >= 11 is 0. The van der Waals surface area contributed by atoms with E-state index in [1.165, 1.54) is 22.3 Å². The largest absolute Gasteiger partial charge is 0.497 e. The van der Waals surface area contributed by atoms with Gasteiger partial charge >= 0.3 is 0 Å². The summed E-state index contributed by atoms with van der Waals surface area (Å²) in [6, 6.07) is 38.6. The summed E-state index contributed by atoms with van der Waals surface area (Å²) in [5.74, 6) is 3.01. The van der Waals surface area contributed by atoms with Crippen LogP contribution in [-0.2, 0) is 15.8 Å². The summed E-state index contributed by atoms with van der Waals surface area (Å²) in [7, 11) is 3.39. The standard InChI is InChI=1S/C55H57NO6/c1-35(57)61-48-31-45-46(30-44(48)36-12-18-39(19-13-36)56-26-28-60-29-27-56)51-43(50-49(45)42-10-8-9-11-47(42)54(50)33-52(2,3)32-53(4,5)34-54)24-25-55(62-51,37-14-20-40(58-6)21-15-37)38-16-22-41(59-7)23-17-38/h8-25,30-31,35,57H,26-29,32-34H2,1-7H3. The fraction of sp³-hybridized carbons (Fsp3) is 0.345. The minimum atomic E-state index is -1.03. The summed E-state index contributed by atoms with van der Waals surface area (Å²) in [5, 5.41) is 13.0. The molecule has 0 amide bonds. The number of fused-ring (bicyclic) bond motifs is 10. The number of nitrogens with zero attached hydrogens (tertiary/aromatic N) is 1. The lowest BCUT2D eigenvalue weighted by Gasteiger charge is -2.52. The molecular weight excluding hydrogens is 771 g/mol. The van der Waals surface area contributed by atoms with E-state index in [0.717, 1.165) is 107 Å². The third-order valence-corrected chi connectivity index (χ3v) is 13.7. The van der Waals surface area contributed by atoms with Crippen LogP contribution in [0.4, 0.5) is 5.69 Å². The maximum absolute atomic E-state index is 10.9. The van der Waals surface area contributed by atoms with Crippen molar-refractivity contribution in [2.45, 2.75) is 71.2 Å². The van der Waals surface area contributed by atoms with E-state index in [2.05, 4.69) is 130 Å². The molecule has 1 unspecified atom stereocenters. The Kier molecular flexibility index (Phi) is 9.73. The Labute approximate surface area is 365 Å². The van der Waals surface area contributed by atoms with E-state index >= 15 is 0 Å². The lowest BCUT2D eigenvalue weighted by molar-refractivity contribution is 0.000234. The quantitative estimate of drug-likeness (QED) is 0.153. The van der Waals surface area contributed by atoms with Gasteiger partial charge in [-0.25, -0.2) is 0 Å². The van der Waals surface area contributed by atoms with Crippen LogP contribution in [0.3, 0.4) is 0 Å². The summed E-state index contributed by atoms with van der Waals surface area (Å²) < 4.78 is 31.2. The number of hydrogen-bond acceptors (Lipinski definition) is 7. The molecule has 2 heterocycles. The minimum Gasteiger partial charge on any atom is -0.497 e. The van der Waals surface area contributed by atoms with Crippen molar-refractivity contribution in [3.8, 4) is 45.3 Å². The molecule has 62 heavy (non-hydrogen) atoms. The Morgan fingerprint density at radius 3 is 1.90 bits per heavy atom. The highest BCUT2D eigenvalue weighted by Crippen LogP contribution is 2.67. The summed E-state index contributed by atoms with van der Waals surface area (Å²) in [4.78, 5) is 2.36. The Bertz CT molecular complexity index is 2620. The van der Waals surface area contributed by atoms with Crippen molar-refractivity contribution in [1.82, 2.24) is 0 Å². The van der Waals surface area contributed by atoms with Crippen molar-refractivity contribution >= 4 is 22.5 Å². The van der Waals surface area contributed by atoms with E-state index in [4.69, 9.17) is 23.7 Å². The number of aliphatic hydroxyl groups is 1. The number of benzene rings is 6. The number of aliphatic hydroxyl groups excluding tert-OH is 1. The number of morpholine rings is 1. The highest BCUT2D eigenvalue weighted by molar-refractivity contribution is 6.10. The van der Waals surface area contributed by atoms with Crippen LogP contribution in [0.15, 0.2) is 115 Å². The highest BCUT2D eigenvalue weighted by atomic mass is 16.6. The second-order valence-electron chi connectivity index (χ2n) is 19.4. The molecule has 1 N–H and O–H groups in total. The van der Waals surface area contributed by atoms with Crippen molar-refractivity contribution in [2.24, 2.45) is 10.8 Å². The van der Waals surface area contributed by atoms with Crippen LogP contribution in [0, 0.1) is 10.8 Å². The van der Waals surface area contributed by atoms with E-state index in [-0.39, 0.29) is 16.2 Å². The van der Waals surface area contributed by atoms with E-state index in [1.807, 2.05) is 24.3 Å². The third-order valence-electron chi connectivity index (χ3n) is 13.7. The molecule has 2 aliphatic carbocycles. The average Bonchev–Trinajstić information content (AvgIpc) is 3.53. The van der Waals surface area contributed by atoms with Crippen molar-refractivity contribution in [3.63, 3.8) is 0 Å². The number of ether oxygens (including phenoxy) is 5. The second kappa shape index (κ2) is 15.0. The van der Waals surface area contributed by atoms with Gasteiger partial charge in [-0.2, -0.15) is 0 Å². The molecule has 0 aromatic heterocycles. The summed E-state index contributed by atoms with van der Waals surface area (Å²) in [6.45, 7) is 14.6. The lowest BCUT2D eigenvalue weighted by atomic mass is 9.52. The molecular formula is C55H57NO6. The summed E-state index contributed by atoms with van der Waals surface area (Å²) in [6.07, 6.45) is 6.74. The van der Waals surface area contributed by atoms with Gasteiger partial charge in [0.15, 0.2) is 11.9 Å². The molecule has 318 valence electrons. The van der Waals surface area contributed by atoms with Crippen molar-refractivity contribution in [1.29, 1.82) is 0 Å². The highest BCUT2D eigenvalue weighted by Gasteiger charge is 2.55. The SMILES string of the molecule is COc1ccc(C2(c3ccc(OC)cc3)C=Cc3c4c(c5cc(OC(C)O)c(-c6ccc(N7CCOCC7)cc6)cc5c3O2)-c2ccccc2C42CC(C)(C)CC(C)(C)C2)cc1. The molecule has 1 saturated carbocycles. The molecule has 2 aliphatic heterocycles. The van der Waals surface area contributed by atoms with Crippen molar-refractivity contribution in [3.05, 3.63) is 143 Å². The number of methoxy groups -OCH3 is 2. The van der Waals surface area contributed by atoms with Gasteiger partial charge in [0.2, 0.25) is 0 Å². The van der Waals surface area contributed by atoms with Crippen LogP contribution in [0.5, 0.6) is 23.0 Å². The van der Waals surface area contributed by atoms with Gasteiger partial charge in [0.25, 0.3) is 0 Å². The van der Waals surface area contributed by atoms with Crippen molar-refractivity contribution in [2.75, 3.05) is 45.4 Å². The Morgan fingerprint density at radius 1 is 0.694 bits per heavy atom. The number of rotatable bonds is 8. The zero-order valence-corrected chi connectivity index (χ0v) is 37.0. The van der Waals surface area contributed by atoms with Gasteiger partial charge < -0.3 is 33.7 Å². The van der Waals surface area contributed by atoms with Gasteiger partial charge in [0.05, 0.1) is 27.4 Å². The van der Waals surface area contributed by atoms with Crippen LogP contribution in [0.2, 0.25) is 0 Å². The van der Waals surface area contributed by atoms with Gasteiger partial charge in [-0.15, -0.1) is 0 Å². The molecule has 7 nitrogen and oxygen atoms in total. The second-order valence-corrected chi connectivity index (χ2v) is 19.4. The smallest absolute Gasteiger partial charge is 0.194 e. The Hall–Kier alpha value is -5.76. The van der Waals surface area contributed by atoms with Gasteiger partial charge in [-0.1, -0.05) is 94.4 Å². The zero-order chi connectivity index (χ0) is 43.0. The fourth-order valence-corrected chi connectivity index (χ4v) is 12.0.